The zero-order valence-electron chi connectivity index (χ0n) is 38.8. The van der Waals surface area contributed by atoms with Crippen LogP contribution in [0.2, 0.25) is 0 Å². The van der Waals surface area contributed by atoms with Gasteiger partial charge in [0.05, 0.1) is 28.0 Å². The van der Waals surface area contributed by atoms with Gasteiger partial charge in [0.2, 0.25) is 0 Å². The van der Waals surface area contributed by atoms with Gasteiger partial charge < -0.3 is 9.52 Å². The first-order valence-electron chi connectivity index (χ1n) is 22.6. The molecule has 0 unspecified atom stereocenters. The maximum Gasteiger partial charge on any atom is 0.149 e. The zero-order valence-corrected chi connectivity index (χ0v) is 35.8. The number of phenolic OH excluding ortho intramolecular Hbond substituents is 1. The molecule has 0 aliphatic rings. The minimum absolute atomic E-state index is 0.103. The van der Waals surface area contributed by atoms with E-state index in [9.17, 15) is 5.11 Å². The van der Waals surface area contributed by atoms with Crippen LogP contribution in [0.4, 0.5) is 0 Å². The lowest BCUT2D eigenvalue weighted by molar-refractivity contribution is 0.477. The van der Waals surface area contributed by atoms with Gasteiger partial charge in [0.1, 0.15) is 22.7 Å². The first kappa shape index (κ1) is 35.5. The highest BCUT2D eigenvalue weighted by atomic mass is 16.3. The fraction of sp³-hybridized carbons (Fsp3) is 0.158. The Bertz CT molecular complexity index is 3440. The van der Waals surface area contributed by atoms with Crippen LogP contribution in [0, 0.1) is 6.85 Å². The van der Waals surface area contributed by atoms with E-state index >= 15 is 0 Å². The van der Waals surface area contributed by atoms with E-state index in [1.54, 1.807) is 24.4 Å². The molecule has 3 heterocycles. The van der Waals surface area contributed by atoms with Crippen molar-refractivity contribution < 1.29 is 13.6 Å². The van der Waals surface area contributed by atoms with E-state index in [1.165, 1.54) is 5.56 Å². The number of aromatic hydroxyl groups is 1. The number of para-hydroxylation sites is 2. The summed E-state index contributed by atoms with van der Waals surface area (Å²) in [6.45, 7) is 11.1. The molecule has 0 aliphatic heterocycles. The summed E-state index contributed by atoms with van der Waals surface area (Å²) in [5.41, 5.74) is 14.5. The second-order valence-electron chi connectivity index (χ2n) is 18.3. The minimum atomic E-state index is -2.17. The van der Waals surface area contributed by atoms with Crippen LogP contribution in [-0.4, -0.2) is 19.6 Å². The van der Waals surface area contributed by atoms with Crippen LogP contribution in [0.25, 0.3) is 94.7 Å². The summed E-state index contributed by atoms with van der Waals surface area (Å²) in [5.74, 6) is 0.685. The summed E-state index contributed by atoms with van der Waals surface area (Å²) < 4.78 is 32.1. The molecule has 62 heavy (non-hydrogen) atoms. The topological polar surface area (TPSA) is 64.1 Å². The average Bonchev–Trinajstić information content (AvgIpc) is 3.86. The molecular weight excluding hydrogens is 759 g/mol. The monoisotopic (exact) mass is 810 g/mol. The molecule has 10 rings (SSSR count). The Labute approximate surface area is 367 Å². The maximum atomic E-state index is 12.1. The lowest BCUT2D eigenvalue weighted by Crippen LogP contribution is -2.12. The van der Waals surface area contributed by atoms with E-state index in [2.05, 4.69) is 131 Å². The number of aromatic nitrogens is 3. The first-order valence-corrected chi connectivity index (χ1v) is 21.1. The molecule has 3 aromatic heterocycles. The summed E-state index contributed by atoms with van der Waals surface area (Å²) >= 11 is 0. The third kappa shape index (κ3) is 6.94. The SMILES string of the molecule is [2H]C([2H])([2H])c1ccc(-c2ccnc(-c3cc(-c4cccc5c4nc(-c4cc6oc7ccccc7c6cc4O)n5-c4ccc(C(C)(C)C)cc4-c4ccccc4)cc(C(C)(C)C)c3)c2)cc1. The smallest absolute Gasteiger partial charge is 0.149 e. The van der Waals surface area contributed by atoms with Crippen LogP contribution < -0.4 is 0 Å². The van der Waals surface area contributed by atoms with Crippen LogP contribution in [0.5, 0.6) is 5.75 Å². The fourth-order valence-corrected chi connectivity index (χ4v) is 8.54. The van der Waals surface area contributed by atoms with Crippen molar-refractivity contribution >= 4 is 33.0 Å². The number of imidazole rings is 1. The summed E-state index contributed by atoms with van der Waals surface area (Å²) in [6.07, 6.45) is 1.81. The van der Waals surface area contributed by atoms with Gasteiger partial charge in [-0.1, -0.05) is 144 Å². The number of phenols is 1. The summed E-state index contributed by atoms with van der Waals surface area (Å²) in [5, 5.41) is 13.8. The molecule has 10 aromatic rings. The van der Waals surface area contributed by atoms with Gasteiger partial charge in [0.15, 0.2) is 0 Å². The van der Waals surface area contributed by atoms with Crippen molar-refractivity contribution in [2.45, 2.75) is 59.2 Å². The fourth-order valence-electron chi connectivity index (χ4n) is 8.54. The quantitative estimate of drug-likeness (QED) is 0.182. The van der Waals surface area contributed by atoms with Crippen LogP contribution in [0.3, 0.4) is 0 Å². The number of fused-ring (bicyclic) bond motifs is 4. The highest BCUT2D eigenvalue weighted by molar-refractivity contribution is 6.07. The molecule has 304 valence electrons. The van der Waals surface area contributed by atoms with Crippen molar-refractivity contribution in [2.75, 3.05) is 0 Å². The molecule has 0 aliphatic carbocycles. The molecule has 0 saturated heterocycles. The van der Waals surface area contributed by atoms with E-state index in [0.717, 1.165) is 83.3 Å². The number of rotatable bonds is 6. The normalized spacial score (nSPS) is 13.1. The lowest BCUT2D eigenvalue weighted by atomic mass is 9.83. The van der Waals surface area contributed by atoms with Crippen molar-refractivity contribution in [3.05, 3.63) is 181 Å². The highest BCUT2D eigenvalue weighted by Crippen LogP contribution is 2.44. The van der Waals surface area contributed by atoms with Crippen molar-refractivity contribution in [1.29, 1.82) is 0 Å². The summed E-state index contributed by atoms with van der Waals surface area (Å²) in [6, 6.07) is 52.7. The van der Waals surface area contributed by atoms with Crippen LogP contribution in [-0.2, 0) is 10.8 Å². The molecule has 1 N–H and O–H groups in total. The molecular formula is C57H49N3O2. The van der Waals surface area contributed by atoms with E-state index < -0.39 is 6.85 Å². The van der Waals surface area contributed by atoms with Gasteiger partial charge in [-0.2, -0.15) is 0 Å². The van der Waals surface area contributed by atoms with Gasteiger partial charge in [0.25, 0.3) is 0 Å². The number of benzene rings is 7. The molecule has 0 amide bonds. The van der Waals surface area contributed by atoms with E-state index in [-0.39, 0.29) is 16.6 Å². The lowest BCUT2D eigenvalue weighted by Gasteiger charge is -2.23. The molecule has 0 fully saturated rings. The number of pyridine rings is 1. The van der Waals surface area contributed by atoms with Crippen molar-refractivity contribution in [3.8, 4) is 67.5 Å². The Morgan fingerprint density at radius 2 is 1.31 bits per heavy atom. The number of hydrogen-bond donors (Lipinski definition) is 1. The van der Waals surface area contributed by atoms with Gasteiger partial charge in [0, 0.05) is 37.8 Å². The standard InChI is InChI=1S/C57H49N3O2/c1-35-20-22-36(23-21-35)38-26-27-58-48(31-38)40-28-39(29-42(30-40)57(5,6)7)43-17-13-18-50-54(43)59-55(47-34-53-46(33-51(47)61)44-16-11-12-19-52(44)62-53)60(50)49-25-24-41(56(2,3)4)32-45(49)37-14-9-8-10-15-37/h8-34,61H,1-7H3/i1D3. The maximum absolute atomic E-state index is 12.1. The number of hydrogen-bond acceptors (Lipinski definition) is 4. The Morgan fingerprint density at radius 3 is 2.08 bits per heavy atom. The molecule has 0 atom stereocenters. The van der Waals surface area contributed by atoms with Crippen LogP contribution >= 0.6 is 0 Å². The highest BCUT2D eigenvalue weighted by Gasteiger charge is 2.26. The zero-order chi connectivity index (χ0) is 45.4. The Morgan fingerprint density at radius 1 is 0.548 bits per heavy atom. The van der Waals surface area contributed by atoms with E-state index in [0.29, 0.717) is 22.5 Å². The summed E-state index contributed by atoms with van der Waals surface area (Å²) in [4.78, 5) is 10.4. The Hall–Kier alpha value is -7.24. The van der Waals surface area contributed by atoms with Crippen LogP contribution in [0.15, 0.2) is 168 Å². The molecule has 5 nitrogen and oxygen atoms in total. The molecule has 0 radical (unpaired) electrons. The summed E-state index contributed by atoms with van der Waals surface area (Å²) in [7, 11) is 0. The predicted octanol–water partition coefficient (Wildman–Crippen LogP) is 15.3. The molecule has 0 saturated carbocycles. The van der Waals surface area contributed by atoms with Crippen LogP contribution in [0.1, 0.15) is 62.3 Å². The Kier molecular flexibility index (Phi) is 8.44. The van der Waals surface area contributed by atoms with Gasteiger partial charge in [-0.25, -0.2) is 4.98 Å². The molecule has 0 spiro atoms. The third-order valence-corrected chi connectivity index (χ3v) is 12.0. The second-order valence-corrected chi connectivity index (χ2v) is 18.3. The predicted molar refractivity (Wildman–Crippen MR) is 257 cm³/mol. The third-order valence-electron chi connectivity index (χ3n) is 12.0. The number of aryl methyl sites for hydroxylation is 1. The molecule has 0 bridgehead atoms. The van der Waals surface area contributed by atoms with Gasteiger partial charge in [-0.3, -0.25) is 9.55 Å². The number of furan rings is 1. The van der Waals surface area contributed by atoms with Gasteiger partial charge in [-0.15, -0.1) is 0 Å². The second kappa shape index (κ2) is 14.7. The number of nitrogens with zero attached hydrogens (tertiary/aromatic N) is 3. The largest absolute Gasteiger partial charge is 0.507 e. The van der Waals surface area contributed by atoms with Crippen molar-refractivity contribution in [1.82, 2.24) is 14.5 Å². The minimum Gasteiger partial charge on any atom is -0.507 e. The molecule has 5 heteroatoms. The average molecular weight is 811 g/mol. The first-order chi connectivity index (χ1) is 31.0. The van der Waals surface area contributed by atoms with Crippen molar-refractivity contribution in [3.63, 3.8) is 0 Å². The Balaban J connectivity index is 1.22. The van der Waals surface area contributed by atoms with E-state index in [1.807, 2.05) is 54.6 Å². The van der Waals surface area contributed by atoms with Gasteiger partial charge >= 0.3 is 0 Å². The molecule has 7 aromatic carbocycles. The van der Waals surface area contributed by atoms with Crippen molar-refractivity contribution in [2.24, 2.45) is 0 Å². The van der Waals surface area contributed by atoms with E-state index in [4.69, 9.17) is 18.5 Å². The van der Waals surface area contributed by atoms with Gasteiger partial charge in [-0.05, 0) is 112 Å².